The van der Waals surface area contributed by atoms with Crippen molar-refractivity contribution in [2.45, 2.75) is 39.3 Å². The quantitative estimate of drug-likeness (QED) is 0.766. The van der Waals surface area contributed by atoms with Crippen LogP contribution < -0.4 is 5.73 Å². The largest absolute Gasteiger partial charge is 0.446 e. The monoisotopic (exact) mass is 198 g/mol. The fourth-order valence-electron chi connectivity index (χ4n) is 1.36. The maximum absolute atomic E-state index is 9.77. The number of nitrogens with zero attached hydrogens (tertiary/aromatic N) is 1. The smallest absolute Gasteiger partial charge is 0.224 e. The standard InChI is InChI=1S/C10H18N2O2/c1-6(2)4-8(11)9(13)10-12-7(3)5-14-10/h5-6,8-9,13H,4,11H2,1-3H3. The van der Waals surface area contributed by atoms with Gasteiger partial charge in [0.25, 0.3) is 0 Å². The van der Waals surface area contributed by atoms with Crippen LogP contribution >= 0.6 is 0 Å². The van der Waals surface area contributed by atoms with Crippen LogP contribution in [0, 0.1) is 12.8 Å². The van der Waals surface area contributed by atoms with Crippen molar-refractivity contribution >= 4 is 0 Å². The number of hydrogen-bond donors (Lipinski definition) is 2. The first-order chi connectivity index (χ1) is 6.50. The van der Waals surface area contributed by atoms with Crippen molar-refractivity contribution in [2.24, 2.45) is 11.7 Å². The first-order valence-electron chi connectivity index (χ1n) is 4.86. The number of nitrogens with two attached hydrogens (primary N) is 1. The second-order valence-electron chi connectivity index (χ2n) is 4.07. The Morgan fingerprint density at radius 1 is 1.57 bits per heavy atom. The topological polar surface area (TPSA) is 72.3 Å². The van der Waals surface area contributed by atoms with Gasteiger partial charge in [-0.15, -0.1) is 0 Å². The molecule has 0 bridgehead atoms. The second-order valence-corrected chi connectivity index (χ2v) is 4.07. The molecule has 0 spiro atoms. The molecule has 0 aliphatic heterocycles. The molecule has 0 aliphatic rings. The lowest BCUT2D eigenvalue weighted by Gasteiger charge is -2.17. The SMILES string of the molecule is Cc1coc(C(O)C(N)CC(C)C)n1. The molecule has 4 nitrogen and oxygen atoms in total. The van der Waals surface area contributed by atoms with E-state index < -0.39 is 6.10 Å². The van der Waals surface area contributed by atoms with Crippen LogP contribution in [0.3, 0.4) is 0 Å². The maximum atomic E-state index is 9.77. The summed E-state index contributed by atoms with van der Waals surface area (Å²) in [6, 6.07) is -0.312. The highest BCUT2D eigenvalue weighted by molar-refractivity contribution is 4.98. The van der Waals surface area contributed by atoms with E-state index in [1.54, 1.807) is 0 Å². The Bertz CT molecular complexity index is 283. The van der Waals surface area contributed by atoms with Crippen LogP contribution in [0.1, 0.15) is 38.0 Å². The van der Waals surface area contributed by atoms with E-state index in [9.17, 15) is 5.11 Å². The summed E-state index contributed by atoms with van der Waals surface area (Å²) in [5.74, 6) is 0.770. The third kappa shape index (κ3) is 2.82. The molecule has 1 heterocycles. The molecule has 0 amide bonds. The predicted molar refractivity (Wildman–Crippen MR) is 53.6 cm³/mol. The average molecular weight is 198 g/mol. The van der Waals surface area contributed by atoms with Gasteiger partial charge in [0.15, 0.2) is 0 Å². The van der Waals surface area contributed by atoms with Gasteiger partial charge in [0.1, 0.15) is 12.4 Å². The molecule has 1 rings (SSSR count). The fourth-order valence-corrected chi connectivity index (χ4v) is 1.36. The summed E-state index contributed by atoms with van der Waals surface area (Å²) < 4.78 is 5.09. The Labute approximate surface area is 84.1 Å². The third-order valence-electron chi connectivity index (χ3n) is 2.04. The minimum atomic E-state index is -0.800. The predicted octanol–water partition coefficient (Wildman–Crippen LogP) is 1.39. The Morgan fingerprint density at radius 3 is 2.64 bits per heavy atom. The molecule has 0 saturated carbocycles. The Balaban J connectivity index is 2.60. The van der Waals surface area contributed by atoms with Gasteiger partial charge in [-0.05, 0) is 19.3 Å². The van der Waals surface area contributed by atoms with Gasteiger partial charge in [-0.1, -0.05) is 13.8 Å². The summed E-state index contributed by atoms with van der Waals surface area (Å²) >= 11 is 0. The van der Waals surface area contributed by atoms with E-state index in [2.05, 4.69) is 18.8 Å². The van der Waals surface area contributed by atoms with Gasteiger partial charge < -0.3 is 15.3 Å². The molecule has 0 radical (unpaired) electrons. The molecule has 14 heavy (non-hydrogen) atoms. The van der Waals surface area contributed by atoms with Gasteiger partial charge in [-0.3, -0.25) is 0 Å². The van der Waals surface area contributed by atoms with E-state index in [-0.39, 0.29) is 6.04 Å². The summed E-state index contributed by atoms with van der Waals surface area (Å²) in [5, 5.41) is 9.77. The number of aliphatic hydroxyl groups excluding tert-OH is 1. The number of hydrogen-bond acceptors (Lipinski definition) is 4. The van der Waals surface area contributed by atoms with E-state index >= 15 is 0 Å². The zero-order valence-corrected chi connectivity index (χ0v) is 8.90. The zero-order valence-electron chi connectivity index (χ0n) is 8.90. The Hall–Kier alpha value is -0.870. The van der Waals surface area contributed by atoms with Crippen LogP contribution in [0.2, 0.25) is 0 Å². The van der Waals surface area contributed by atoms with Crippen molar-refractivity contribution in [3.63, 3.8) is 0 Å². The van der Waals surface area contributed by atoms with Crippen molar-refractivity contribution in [2.75, 3.05) is 0 Å². The van der Waals surface area contributed by atoms with Crippen molar-refractivity contribution in [1.82, 2.24) is 4.98 Å². The summed E-state index contributed by atoms with van der Waals surface area (Å²) in [6.07, 6.45) is 1.47. The van der Waals surface area contributed by atoms with Gasteiger partial charge in [-0.2, -0.15) is 0 Å². The summed E-state index contributed by atoms with van der Waals surface area (Å²) in [7, 11) is 0. The number of oxazole rings is 1. The molecule has 3 N–H and O–H groups in total. The molecule has 2 atom stereocenters. The summed E-state index contributed by atoms with van der Waals surface area (Å²) in [5.41, 5.74) is 6.57. The molecular formula is C10H18N2O2. The van der Waals surface area contributed by atoms with Crippen LogP contribution in [0.4, 0.5) is 0 Å². The van der Waals surface area contributed by atoms with Crippen molar-refractivity contribution in [3.8, 4) is 0 Å². The highest BCUT2D eigenvalue weighted by atomic mass is 16.4. The number of rotatable bonds is 4. The van der Waals surface area contributed by atoms with Crippen molar-refractivity contribution < 1.29 is 9.52 Å². The summed E-state index contributed by atoms with van der Waals surface area (Å²) in [4.78, 5) is 4.04. The van der Waals surface area contributed by atoms with E-state index in [0.29, 0.717) is 11.8 Å². The maximum Gasteiger partial charge on any atom is 0.224 e. The third-order valence-corrected chi connectivity index (χ3v) is 2.04. The van der Waals surface area contributed by atoms with Crippen molar-refractivity contribution in [3.05, 3.63) is 17.8 Å². The Morgan fingerprint density at radius 2 is 2.21 bits per heavy atom. The molecule has 0 aromatic carbocycles. The molecule has 2 unspecified atom stereocenters. The highest BCUT2D eigenvalue weighted by Gasteiger charge is 2.22. The van der Waals surface area contributed by atoms with Gasteiger partial charge in [0.2, 0.25) is 5.89 Å². The first-order valence-corrected chi connectivity index (χ1v) is 4.86. The molecule has 1 aromatic heterocycles. The van der Waals surface area contributed by atoms with E-state index in [0.717, 1.165) is 12.1 Å². The number of aliphatic hydroxyl groups is 1. The van der Waals surface area contributed by atoms with E-state index in [1.165, 1.54) is 6.26 Å². The van der Waals surface area contributed by atoms with Crippen molar-refractivity contribution in [1.29, 1.82) is 0 Å². The molecule has 4 heteroatoms. The van der Waals surface area contributed by atoms with Gasteiger partial charge in [-0.25, -0.2) is 4.98 Å². The zero-order chi connectivity index (χ0) is 10.7. The lowest BCUT2D eigenvalue weighted by atomic mass is 10.00. The molecule has 0 fully saturated rings. The van der Waals surface area contributed by atoms with Gasteiger partial charge in [0.05, 0.1) is 5.69 Å². The second kappa shape index (κ2) is 4.57. The highest BCUT2D eigenvalue weighted by Crippen LogP contribution is 2.19. The number of aryl methyl sites for hydroxylation is 1. The van der Waals surface area contributed by atoms with Crippen LogP contribution in [0.15, 0.2) is 10.7 Å². The Kier molecular flexibility index (Phi) is 3.66. The molecule has 0 saturated heterocycles. The first kappa shape index (κ1) is 11.2. The molecule has 1 aromatic rings. The van der Waals surface area contributed by atoms with Crippen LogP contribution in [-0.2, 0) is 0 Å². The molecule has 0 aliphatic carbocycles. The van der Waals surface area contributed by atoms with E-state index in [4.69, 9.17) is 10.2 Å². The average Bonchev–Trinajstić information content (AvgIpc) is 2.49. The molecular weight excluding hydrogens is 180 g/mol. The summed E-state index contributed by atoms with van der Waals surface area (Å²) in [6.45, 7) is 5.94. The van der Waals surface area contributed by atoms with Gasteiger partial charge >= 0.3 is 0 Å². The van der Waals surface area contributed by atoms with Crippen LogP contribution in [0.25, 0.3) is 0 Å². The normalized spacial score (nSPS) is 15.9. The minimum Gasteiger partial charge on any atom is -0.446 e. The minimum absolute atomic E-state index is 0.312. The van der Waals surface area contributed by atoms with Gasteiger partial charge in [0, 0.05) is 6.04 Å². The lowest BCUT2D eigenvalue weighted by molar-refractivity contribution is 0.106. The number of aromatic nitrogens is 1. The van der Waals surface area contributed by atoms with Crippen LogP contribution in [-0.4, -0.2) is 16.1 Å². The van der Waals surface area contributed by atoms with E-state index in [1.807, 2.05) is 6.92 Å². The fraction of sp³-hybridized carbons (Fsp3) is 0.700. The lowest BCUT2D eigenvalue weighted by Crippen LogP contribution is -2.30. The van der Waals surface area contributed by atoms with Crippen LogP contribution in [0.5, 0.6) is 0 Å². The molecule has 80 valence electrons.